The highest BCUT2D eigenvalue weighted by Gasteiger charge is 2.60. The topological polar surface area (TPSA) is 29.5 Å². The summed E-state index contributed by atoms with van der Waals surface area (Å²) in [6.45, 7) is 9.77. The van der Waals surface area contributed by atoms with Crippen LogP contribution in [0.2, 0.25) is 0 Å². The van der Waals surface area contributed by atoms with Gasteiger partial charge in [-0.1, -0.05) is 143 Å². The van der Waals surface area contributed by atoms with Gasteiger partial charge >= 0.3 is 0 Å². The van der Waals surface area contributed by atoms with Crippen molar-refractivity contribution in [3.05, 3.63) is 126 Å². The van der Waals surface area contributed by atoms with Crippen molar-refractivity contribution in [2.75, 3.05) is 32.8 Å². The van der Waals surface area contributed by atoms with E-state index in [1.54, 1.807) is 0 Å². The fourth-order valence-corrected chi connectivity index (χ4v) is 8.51. The Morgan fingerprint density at radius 3 is 1.54 bits per heavy atom. The summed E-state index contributed by atoms with van der Waals surface area (Å²) in [6, 6.07) is 40.3. The molecular weight excluding hydrogens is 746 g/mol. The average Bonchev–Trinajstić information content (AvgIpc) is 3.16. The summed E-state index contributed by atoms with van der Waals surface area (Å²) < 4.78 is 7.17. The quantitative estimate of drug-likeness (QED) is 0.0955. The van der Waals surface area contributed by atoms with Gasteiger partial charge < -0.3 is 31.3 Å². The van der Waals surface area contributed by atoms with E-state index in [0.29, 0.717) is 0 Å². The molecule has 5 aromatic rings. The molecule has 3 heterocycles. The van der Waals surface area contributed by atoms with Crippen LogP contribution in [0.5, 0.6) is 5.75 Å². The van der Waals surface area contributed by atoms with E-state index in [0.717, 1.165) is 79.8 Å². The second-order valence-electron chi connectivity index (χ2n) is 14.5. The number of halogens is 2. The fraction of sp³-hybridized carbons (Fsp3) is 0.422. The monoisotopic (exact) mass is 801 g/mol. The van der Waals surface area contributed by atoms with E-state index in [2.05, 4.69) is 98.8 Å². The first-order valence-electron chi connectivity index (χ1n) is 18.7. The number of hydrogen-bond donors (Lipinski definition) is 1. The van der Waals surface area contributed by atoms with Crippen LogP contribution in [0.15, 0.2) is 115 Å². The number of nitrogens with zero attached hydrogens (tertiary/aromatic N) is 1. The maximum atomic E-state index is 13.2. The molecule has 8 rings (SSSR count). The van der Waals surface area contributed by atoms with Gasteiger partial charge in [0.25, 0.3) is 0 Å². The Balaban J connectivity index is 0.000000505. The van der Waals surface area contributed by atoms with Crippen LogP contribution in [0.3, 0.4) is 0 Å². The Bertz CT molecular complexity index is 1650. The Hall–Kier alpha value is -2.70. The third-order valence-corrected chi connectivity index (χ3v) is 11.5. The van der Waals surface area contributed by atoms with Gasteiger partial charge in [-0.25, -0.2) is 0 Å². The zero-order valence-electron chi connectivity index (χ0n) is 30.2. The van der Waals surface area contributed by atoms with E-state index in [1.165, 1.54) is 60.1 Å². The van der Waals surface area contributed by atoms with Crippen molar-refractivity contribution in [3.63, 3.8) is 0 Å². The van der Waals surface area contributed by atoms with Crippen LogP contribution in [0.4, 0.5) is 0 Å². The van der Waals surface area contributed by atoms with Crippen molar-refractivity contribution in [1.82, 2.24) is 0 Å². The smallest absolute Gasteiger partial charge is 0.121 e. The molecule has 1 N–H and O–H groups in total. The first-order chi connectivity index (χ1) is 23.5. The third kappa shape index (κ3) is 8.84. The summed E-state index contributed by atoms with van der Waals surface area (Å²) in [5.74, 6) is 0.953. The number of para-hydroxylation sites is 1. The van der Waals surface area contributed by atoms with Crippen molar-refractivity contribution in [3.8, 4) is 5.75 Å². The van der Waals surface area contributed by atoms with Crippen LogP contribution in [0.25, 0.3) is 21.5 Å². The van der Waals surface area contributed by atoms with Crippen LogP contribution in [-0.4, -0.2) is 42.4 Å². The van der Waals surface area contributed by atoms with Gasteiger partial charge in [-0.2, -0.15) is 0 Å². The number of rotatable bonds is 13. The maximum Gasteiger partial charge on any atom is 0.121 e. The highest BCUT2D eigenvalue weighted by molar-refractivity contribution is 8.93. The van der Waals surface area contributed by atoms with E-state index in [1.807, 2.05) is 30.3 Å². The molecule has 3 aliphatic heterocycles. The molecule has 0 atom stereocenters. The number of benzene rings is 5. The van der Waals surface area contributed by atoms with Gasteiger partial charge in [-0.15, -0.1) is 17.0 Å². The van der Waals surface area contributed by atoms with Crippen molar-refractivity contribution >= 4 is 38.5 Å². The molecular formula is C45H57Br2NO2. The average molecular weight is 804 g/mol. The second kappa shape index (κ2) is 18.7. The molecule has 3 nitrogen and oxygen atoms in total. The number of aliphatic hydroxyl groups is 1. The predicted octanol–water partition coefficient (Wildman–Crippen LogP) is 8.65. The molecule has 2 bridgehead atoms. The van der Waals surface area contributed by atoms with Gasteiger partial charge in [0.05, 0.1) is 32.8 Å². The third-order valence-electron chi connectivity index (χ3n) is 11.5. The van der Waals surface area contributed by atoms with Crippen molar-refractivity contribution in [1.29, 1.82) is 0 Å². The van der Waals surface area contributed by atoms with Gasteiger partial charge in [0, 0.05) is 31.1 Å². The lowest BCUT2D eigenvalue weighted by molar-refractivity contribution is -0.946. The number of unbranched alkanes of at least 4 members (excludes halogenated alkanes) is 5. The second-order valence-corrected chi connectivity index (χ2v) is 14.5. The van der Waals surface area contributed by atoms with Crippen molar-refractivity contribution in [2.24, 2.45) is 5.41 Å². The summed E-state index contributed by atoms with van der Waals surface area (Å²) in [5.41, 5.74) is 0.825. The van der Waals surface area contributed by atoms with Gasteiger partial charge in [-0.05, 0) is 56.9 Å². The van der Waals surface area contributed by atoms with Crippen molar-refractivity contribution < 1.29 is 31.3 Å². The van der Waals surface area contributed by atoms with Crippen LogP contribution >= 0.6 is 17.0 Å². The Morgan fingerprint density at radius 1 is 0.600 bits per heavy atom. The van der Waals surface area contributed by atoms with E-state index in [-0.39, 0.29) is 39.4 Å². The van der Waals surface area contributed by atoms with Crippen LogP contribution in [-0.2, 0) is 5.60 Å². The lowest BCUT2D eigenvalue weighted by Gasteiger charge is -2.60. The van der Waals surface area contributed by atoms with Crippen molar-refractivity contribution in [2.45, 2.75) is 83.7 Å². The molecule has 0 spiro atoms. The maximum absolute atomic E-state index is 13.2. The molecule has 0 radical (unpaired) electrons. The number of ether oxygens (including phenoxy) is 1. The molecule has 0 aromatic heterocycles. The SMILES string of the molecule is Br.CCCCCCCC.OC(c1ccc2ccccc2c1)(c1ccc2ccccc2c1)C12CC[N+](CCCOc3ccccc3)(CC1)CC2.[Br-]. The molecule has 3 saturated heterocycles. The van der Waals surface area contributed by atoms with E-state index >= 15 is 0 Å². The first-order valence-corrected chi connectivity index (χ1v) is 18.7. The lowest BCUT2D eigenvalue weighted by Crippen LogP contribution is -3.00. The number of fused-ring (bicyclic) bond motifs is 5. The zero-order chi connectivity index (χ0) is 33.3. The highest BCUT2D eigenvalue weighted by atomic mass is 79.9. The predicted molar refractivity (Wildman–Crippen MR) is 213 cm³/mol. The molecule has 3 aliphatic rings. The minimum atomic E-state index is -1.05. The molecule has 268 valence electrons. The molecule has 50 heavy (non-hydrogen) atoms. The minimum Gasteiger partial charge on any atom is -1.00 e. The lowest BCUT2D eigenvalue weighted by atomic mass is 9.56. The van der Waals surface area contributed by atoms with Gasteiger partial charge in [-0.3, -0.25) is 0 Å². The molecule has 3 fully saturated rings. The standard InChI is InChI=1S/C37H38NO2.C8H18.2BrH/c39-37(33-17-15-29-9-4-6-11-31(29)27-33,34-18-16-30-10-5-7-12-32(30)28-34)36-19-23-38(24-20-36,25-21-36)22-8-26-40-35-13-2-1-3-14-35;1-3-5-7-8-6-4-2;;/h1-7,9-18,27-28,39H,8,19-26H2;3-8H2,1-2H3;2*1H/q+1;;;/p-1. The zero-order valence-corrected chi connectivity index (χ0v) is 33.5. The summed E-state index contributed by atoms with van der Waals surface area (Å²) in [7, 11) is 0. The first kappa shape index (κ1) is 40.1. The molecule has 5 heteroatoms. The molecule has 0 aliphatic carbocycles. The molecule has 5 aromatic carbocycles. The summed E-state index contributed by atoms with van der Waals surface area (Å²) >= 11 is 0. The minimum absolute atomic E-state index is 0. The number of quaternary nitrogens is 1. The van der Waals surface area contributed by atoms with E-state index in [9.17, 15) is 5.11 Å². The van der Waals surface area contributed by atoms with Crippen LogP contribution in [0.1, 0.15) is 89.2 Å². The number of piperidine rings is 3. The summed E-state index contributed by atoms with van der Waals surface area (Å²) in [5, 5.41) is 18.0. The summed E-state index contributed by atoms with van der Waals surface area (Å²) in [6.07, 6.45) is 12.6. The highest BCUT2D eigenvalue weighted by Crippen LogP contribution is 2.58. The summed E-state index contributed by atoms with van der Waals surface area (Å²) in [4.78, 5) is 0. The molecule has 0 amide bonds. The van der Waals surface area contributed by atoms with Crippen LogP contribution < -0.4 is 21.7 Å². The number of hydrogen-bond acceptors (Lipinski definition) is 2. The largest absolute Gasteiger partial charge is 1.00 e. The Morgan fingerprint density at radius 2 is 1.06 bits per heavy atom. The van der Waals surface area contributed by atoms with Gasteiger partial charge in [0.2, 0.25) is 0 Å². The van der Waals surface area contributed by atoms with Gasteiger partial charge in [0.15, 0.2) is 0 Å². The van der Waals surface area contributed by atoms with Crippen LogP contribution in [0, 0.1) is 5.41 Å². The Labute approximate surface area is 322 Å². The van der Waals surface area contributed by atoms with E-state index in [4.69, 9.17) is 4.74 Å². The van der Waals surface area contributed by atoms with Gasteiger partial charge in [0.1, 0.15) is 11.4 Å². The Kier molecular flexibility index (Phi) is 15.0. The van der Waals surface area contributed by atoms with E-state index < -0.39 is 5.60 Å². The normalized spacial score (nSPS) is 19.6. The fourth-order valence-electron chi connectivity index (χ4n) is 8.51. The molecule has 0 saturated carbocycles. The molecule has 0 unspecified atom stereocenters.